The van der Waals surface area contributed by atoms with Crippen LogP contribution in [0.1, 0.15) is 18.4 Å². The van der Waals surface area contributed by atoms with E-state index in [1.807, 2.05) is 30.3 Å². The summed E-state index contributed by atoms with van der Waals surface area (Å²) in [5.41, 5.74) is 1.00. The fourth-order valence-electron chi connectivity index (χ4n) is 2.35. The molecule has 0 radical (unpaired) electrons. The van der Waals surface area contributed by atoms with Gasteiger partial charge < -0.3 is 15.0 Å². The SMILES string of the molecule is COC(=O)CN(Cc1ccccc1)C(=O)[C@@H]1CCCN1. The summed E-state index contributed by atoms with van der Waals surface area (Å²) in [6.45, 7) is 1.27. The lowest BCUT2D eigenvalue weighted by atomic mass is 10.1. The van der Waals surface area contributed by atoms with Gasteiger partial charge in [-0.25, -0.2) is 0 Å². The maximum Gasteiger partial charge on any atom is 0.325 e. The molecule has 2 rings (SSSR count). The summed E-state index contributed by atoms with van der Waals surface area (Å²) >= 11 is 0. The van der Waals surface area contributed by atoms with Crippen LogP contribution in [-0.2, 0) is 20.9 Å². The highest BCUT2D eigenvalue weighted by Gasteiger charge is 2.28. The molecule has 0 spiro atoms. The Kier molecular flexibility index (Phi) is 5.12. The van der Waals surface area contributed by atoms with Gasteiger partial charge in [-0.3, -0.25) is 9.59 Å². The van der Waals surface area contributed by atoms with Crippen molar-refractivity contribution < 1.29 is 14.3 Å². The van der Waals surface area contributed by atoms with E-state index in [0.29, 0.717) is 6.54 Å². The lowest BCUT2D eigenvalue weighted by molar-refractivity contribution is -0.148. The topological polar surface area (TPSA) is 58.6 Å². The average Bonchev–Trinajstić information content (AvgIpc) is 3.01. The van der Waals surface area contributed by atoms with E-state index in [1.54, 1.807) is 4.90 Å². The zero-order valence-electron chi connectivity index (χ0n) is 11.7. The summed E-state index contributed by atoms with van der Waals surface area (Å²) in [6.07, 6.45) is 1.82. The number of methoxy groups -OCH3 is 1. The predicted octanol–water partition coefficient (Wildman–Crippen LogP) is 0.940. The molecule has 5 heteroatoms. The number of carbonyl (C=O) groups excluding carboxylic acids is 2. The van der Waals surface area contributed by atoms with E-state index >= 15 is 0 Å². The summed E-state index contributed by atoms with van der Waals surface area (Å²) in [6, 6.07) is 9.48. The summed E-state index contributed by atoms with van der Waals surface area (Å²) in [7, 11) is 1.33. The van der Waals surface area contributed by atoms with Crippen molar-refractivity contribution in [3.63, 3.8) is 0 Å². The second-order valence-electron chi connectivity index (χ2n) is 4.90. The van der Waals surface area contributed by atoms with Crippen LogP contribution in [-0.4, -0.2) is 43.0 Å². The van der Waals surface area contributed by atoms with Crippen molar-refractivity contribution in [1.82, 2.24) is 10.2 Å². The zero-order chi connectivity index (χ0) is 14.4. The number of hydrogen-bond acceptors (Lipinski definition) is 4. The molecule has 20 heavy (non-hydrogen) atoms. The summed E-state index contributed by atoms with van der Waals surface area (Å²) in [4.78, 5) is 25.5. The Hall–Kier alpha value is -1.88. The maximum atomic E-state index is 12.5. The van der Waals surface area contributed by atoms with Crippen LogP contribution in [0.25, 0.3) is 0 Å². The molecular weight excluding hydrogens is 256 g/mol. The molecule has 1 aliphatic rings. The van der Waals surface area contributed by atoms with E-state index < -0.39 is 5.97 Å². The van der Waals surface area contributed by atoms with Gasteiger partial charge in [-0.15, -0.1) is 0 Å². The van der Waals surface area contributed by atoms with Crippen LogP contribution in [0.15, 0.2) is 30.3 Å². The molecule has 0 aromatic heterocycles. The minimum Gasteiger partial charge on any atom is -0.468 e. The van der Waals surface area contributed by atoms with E-state index in [-0.39, 0.29) is 18.5 Å². The van der Waals surface area contributed by atoms with Crippen molar-refractivity contribution in [1.29, 1.82) is 0 Å². The zero-order valence-corrected chi connectivity index (χ0v) is 11.7. The molecule has 0 unspecified atom stereocenters. The van der Waals surface area contributed by atoms with Gasteiger partial charge >= 0.3 is 5.97 Å². The third kappa shape index (κ3) is 3.81. The second kappa shape index (κ2) is 7.05. The van der Waals surface area contributed by atoms with Crippen molar-refractivity contribution in [2.75, 3.05) is 20.2 Å². The molecule has 1 saturated heterocycles. The molecule has 1 amide bonds. The van der Waals surface area contributed by atoms with Gasteiger partial charge in [0, 0.05) is 6.54 Å². The lowest BCUT2D eigenvalue weighted by Gasteiger charge is -2.24. The Morgan fingerprint density at radius 3 is 2.70 bits per heavy atom. The van der Waals surface area contributed by atoms with Gasteiger partial charge in [0.15, 0.2) is 0 Å². The van der Waals surface area contributed by atoms with Crippen LogP contribution in [0.3, 0.4) is 0 Å². The first-order valence-electron chi connectivity index (χ1n) is 6.83. The number of nitrogens with zero attached hydrogens (tertiary/aromatic N) is 1. The molecule has 1 heterocycles. The number of carbonyl (C=O) groups is 2. The standard InChI is InChI=1S/C15H20N2O3/c1-20-14(18)11-17(10-12-6-3-2-4-7-12)15(19)13-8-5-9-16-13/h2-4,6-7,13,16H,5,8-11H2,1H3/t13-/m0/s1. The van der Waals surface area contributed by atoms with Crippen LogP contribution in [0, 0.1) is 0 Å². The van der Waals surface area contributed by atoms with Crippen molar-refractivity contribution in [2.45, 2.75) is 25.4 Å². The van der Waals surface area contributed by atoms with Crippen molar-refractivity contribution in [3.8, 4) is 0 Å². The number of rotatable bonds is 5. The van der Waals surface area contributed by atoms with Crippen molar-refractivity contribution in [2.24, 2.45) is 0 Å². The van der Waals surface area contributed by atoms with Crippen LogP contribution in [0.4, 0.5) is 0 Å². The Morgan fingerprint density at radius 2 is 2.10 bits per heavy atom. The summed E-state index contributed by atoms with van der Waals surface area (Å²) in [5.74, 6) is -0.427. The van der Waals surface area contributed by atoms with Gasteiger partial charge in [0.1, 0.15) is 6.54 Å². The first-order chi connectivity index (χ1) is 9.70. The van der Waals surface area contributed by atoms with E-state index in [9.17, 15) is 9.59 Å². The van der Waals surface area contributed by atoms with E-state index in [1.165, 1.54) is 7.11 Å². The Bertz CT molecular complexity index is 455. The largest absolute Gasteiger partial charge is 0.468 e. The number of hydrogen-bond donors (Lipinski definition) is 1. The minimum atomic E-state index is -0.396. The molecule has 0 aliphatic carbocycles. The molecule has 1 N–H and O–H groups in total. The summed E-state index contributed by atoms with van der Waals surface area (Å²) in [5, 5.41) is 3.17. The van der Waals surface area contributed by atoms with E-state index in [2.05, 4.69) is 10.1 Å². The van der Waals surface area contributed by atoms with Gasteiger partial charge in [0.25, 0.3) is 0 Å². The van der Waals surface area contributed by atoms with Gasteiger partial charge in [-0.2, -0.15) is 0 Å². The first-order valence-corrected chi connectivity index (χ1v) is 6.83. The number of amides is 1. The molecule has 5 nitrogen and oxygen atoms in total. The second-order valence-corrected chi connectivity index (χ2v) is 4.90. The van der Waals surface area contributed by atoms with Gasteiger partial charge in [0.05, 0.1) is 13.2 Å². The van der Waals surface area contributed by atoms with Crippen LogP contribution >= 0.6 is 0 Å². The van der Waals surface area contributed by atoms with Crippen LogP contribution < -0.4 is 5.32 Å². The Labute approximate surface area is 118 Å². The lowest BCUT2D eigenvalue weighted by Crippen LogP contribution is -2.45. The predicted molar refractivity (Wildman–Crippen MR) is 74.9 cm³/mol. The molecule has 1 fully saturated rings. The van der Waals surface area contributed by atoms with Crippen LogP contribution in [0.2, 0.25) is 0 Å². The average molecular weight is 276 g/mol. The maximum absolute atomic E-state index is 12.5. The van der Waals surface area contributed by atoms with E-state index in [0.717, 1.165) is 24.9 Å². The third-order valence-electron chi connectivity index (χ3n) is 3.43. The molecule has 1 atom stereocenters. The fourth-order valence-corrected chi connectivity index (χ4v) is 2.35. The molecule has 1 aromatic carbocycles. The quantitative estimate of drug-likeness (QED) is 0.813. The molecule has 0 bridgehead atoms. The monoisotopic (exact) mass is 276 g/mol. The Balaban J connectivity index is 2.07. The van der Waals surface area contributed by atoms with Gasteiger partial charge in [-0.05, 0) is 24.9 Å². The molecule has 108 valence electrons. The number of ether oxygens (including phenoxy) is 1. The number of nitrogens with one attached hydrogen (secondary N) is 1. The smallest absolute Gasteiger partial charge is 0.325 e. The highest BCUT2D eigenvalue weighted by Crippen LogP contribution is 2.12. The third-order valence-corrected chi connectivity index (χ3v) is 3.43. The normalized spacial score (nSPS) is 17.8. The molecular formula is C15H20N2O3. The van der Waals surface area contributed by atoms with Crippen LogP contribution in [0.5, 0.6) is 0 Å². The number of benzene rings is 1. The number of esters is 1. The van der Waals surface area contributed by atoms with Gasteiger partial charge in [0.2, 0.25) is 5.91 Å². The molecule has 1 aromatic rings. The molecule has 0 saturated carbocycles. The van der Waals surface area contributed by atoms with Gasteiger partial charge in [-0.1, -0.05) is 30.3 Å². The minimum absolute atomic E-state index is 0.0115. The highest BCUT2D eigenvalue weighted by molar-refractivity contribution is 5.86. The van der Waals surface area contributed by atoms with Crippen molar-refractivity contribution in [3.05, 3.63) is 35.9 Å². The fraction of sp³-hybridized carbons (Fsp3) is 0.467. The first kappa shape index (κ1) is 14.5. The summed E-state index contributed by atoms with van der Waals surface area (Å²) < 4.78 is 4.68. The van der Waals surface area contributed by atoms with Crippen molar-refractivity contribution >= 4 is 11.9 Å². The molecule has 1 aliphatic heterocycles. The Morgan fingerprint density at radius 1 is 1.35 bits per heavy atom. The highest BCUT2D eigenvalue weighted by atomic mass is 16.5. The van der Waals surface area contributed by atoms with E-state index in [4.69, 9.17) is 0 Å².